The van der Waals surface area contributed by atoms with Gasteiger partial charge in [-0.2, -0.15) is 0 Å². The molecule has 19 heavy (non-hydrogen) atoms. The minimum Gasteiger partial charge on any atom is -0.394 e. The topological polar surface area (TPSA) is 49.8 Å². The van der Waals surface area contributed by atoms with Crippen LogP contribution in [0.5, 0.6) is 0 Å². The van der Waals surface area contributed by atoms with Crippen molar-refractivity contribution in [3.63, 3.8) is 0 Å². The molecule has 0 aromatic heterocycles. The predicted molar refractivity (Wildman–Crippen MR) is 65.4 cm³/mol. The third-order valence-corrected chi connectivity index (χ3v) is 3.02. The van der Waals surface area contributed by atoms with E-state index in [-0.39, 0.29) is 30.5 Å². The summed E-state index contributed by atoms with van der Waals surface area (Å²) in [5.41, 5.74) is -0.224. The van der Waals surface area contributed by atoms with Crippen LogP contribution in [0, 0.1) is 11.6 Å². The summed E-state index contributed by atoms with van der Waals surface area (Å²) >= 11 is 0. The molecule has 104 valence electrons. The molecule has 4 nitrogen and oxygen atoms in total. The first kappa shape index (κ1) is 13.9. The van der Waals surface area contributed by atoms with E-state index in [1.807, 2.05) is 0 Å². The molecule has 1 heterocycles. The molecule has 2 rings (SSSR count). The first-order valence-electron chi connectivity index (χ1n) is 6.00. The minimum atomic E-state index is -0.784. The Bertz CT molecular complexity index is 458. The third-order valence-electron chi connectivity index (χ3n) is 3.02. The molecule has 1 saturated heterocycles. The van der Waals surface area contributed by atoms with Crippen molar-refractivity contribution >= 4 is 12.0 Å². The maximum Gasteiger partial charge on any atom is 0.150 e. The Morgan fingerprint density at radius 2 is 2.05 bits per heavy atom. The van der Waals surface area contributed by atoms with E-state index < -0.39 is 17.7 Å². The highest BCUT2D eigenvalue weighted by atomic mass is 19.1. The summed E-state index contributed by atoms with van der Waals surface area (Å²) in [5.74, 6) is -1.57. The molecule has 2 unspecified atom stereocenters. The quantitative estimate of drug-likeness (QED) is 0.843. The molecule has 0 saturated carbocycles. The Hall–Kier alpha value is -1.53. The van der Waals surface area contributed by atoms with Crippen LogP contribution in [0.3, 0.4) is 0 Å². The van der Waals surface area contributed by atoms with Gasteiger partial charge in [0.25, 0.3) is 0 Å². The van der Waals surface area contributed by atoms with Crippen LogP contribution >= 0.6 is 0 Å². The number of aliphatic hydroxyl groups excluding tert-OH is 1. The molecule has 0 amide bonds. The Kier molecular flexibility index (Phi) is 4.11. The van der Waals surface area contributed by atoms with Crippen LogP contribution in [0.15, 0.2) is 12.1 Å². The molecule has 1 aliphatic heterocycles. The van der Waals surface area contributed by atoms with Gasteiger partial charge in [-0.25, -0.2) is 8.78 Å². The van der Waals surface area contributed by atoms with E-state index in [4.69, 9.17) is 9.84 Å². The Balaban J connectivity index is 2.33. The van der Waals surface area contributed by atoms with Crippen molar-refractivity contribution in [1.29, 1.82) is 0 Å². The van der Waals surface area contributed by atoms with Crippen molar-refractivity contribution in [2.45, 2.75) is 19.1 Å². The number of hydrogen-bond donors (Lipinski definition) is 1. The zero-order valence-corrected chi connectivity index (χ0v) is 10.5. The lowest BCUT2D eigenvalue weighted by Gasteiger charge is -2.37. The monoisotopic (exact) mass is 271 g/mol. The summed E-state index contributed by atoms with van der Waals surface area (Å²) in [5, 5.41) is 9.11. The van der Waals surface area contributed by atoms with Gasteiger partial charge in [0.2, 0.25) is 0 Å². The molecular weight excluding hydrogens is 256 g/mol. The van der Waals surface area contributed by atoms with E-state index in [0.29, 0.717) is 12.8 Å². The lowest BCUT2D eigenvalue weighted by molar-refractivity contribution is -0.0423. The zero-order chi connectivity index (χ0) is 14.0. The molecule has 0 spiro atoms. The van der Waals surface area contributed by atoms with Crippen LogP contribution in [-0.4, -0.2) is 43.3 Å². The maximum atomic E-state index is 13.9. The number of morpholine rings is 1. The lowest BCUT2D eigenvalue weighted by atomic mass is 10.1. The van der Waals surface area contributed by atoms with E-state index in [2.05, 4.69) is 0 Å². The summed E-state index contributed by atoms with van der Waals surface area (Å²) < 4.78 is 33.2. The SMILES string of the molecule is CC1CN(c2c(F)cc(C=O)cc2F)CC(CO)O1. The molecule has 1 fully saturated rings. The summed E-state index contributed by atoms with van der Waals surface area (Å²) in [4.78, 5) is 12.0. The van der Waals surface area contributed by atoms with Crippen LogP contribution in [0.25, 0.3) is 0 Å². The second kappa shape index (κ2) is 5.63. The van der Waals surface area contributed by atoms with Gasteiger partial charge in [-0.1, -0.05) is 0 Å². The summed E-state index contributed by atoms with van der Waals surface area (Å²) in [6, 6.07) is 2.00. The molecule has 1 aliphatic rings. The predicted octanol–water partition coefficient (Wildman–Crippen LogP) is 1.36. The van der Waals surface area contributed by atoms with Gasteiger partial charge in [-0.05, 0) is 19.1 Å². The fraction of sp³-hybridized carbons (Fsp3) is 0.462. The fourth-order valence-electron chi connectivity index (χ4n) is 2.28. The van der Waals surface area contributed by atoms with Crippen LogP contribution < -0.4 is 4.90 Å². The number of aliphatic hydroxyl groups is 1. The van der Waals surface area contributed by atoms with Crippen molar-refractivity contribution in [1.82, 2.24) is 0 Å². The van der Waals surface area contributed by atoms with Crippen molar-refractivity contribution in [2.24, 2.45) is 0 Å². The van der Waals surface area contributed by atoms with Crippen molar-refractivity contribution in [3.8, 4) is 0 Å². The van der Waals surface area contributed by atoms with E-state index in [1.54, 1.807) is 6.92 Å². The Morgan fingerprint density at radius 3 is 2.58 bits per heavy atom. The fourth-order valence-corrected chi connectivity index (χ4v) is 2.28. The molecule has 2 atom stereocenters. The largest absolute Gasteiger partial charge is 0.394 e. The second-order valence-electron chi connectivity index (χ2n) is 4.61. The summed E-state index contributed by atoms with van der Waals surface area (Å²) in [6.45, 7) is 2.08. The number of carbonyl (C=O) groups is 1. The zero-order valence-electron chi connectivity index (χ0n) is 10.5. The first-order chi connectivity index (χ1) is 9.05. The average Bonchev–Trinajstić information content (AvgIpc) is 2.37. The van der Waals surface area contributed by atoms with Crippen molar-refractivity contribution in [2.75, 3.05) is 24.6 Å². The maximum absolute atomic E-state index is 13.9. The Morgan fingerprint density at radius 1 is 1.42 bits per heavy atom. The summed E-state index contributed by atoms with van der Waals surface area (Å²) in [7, 11) is 0. The van der Waals surface area contributed by atoms with Gasteiger partial charge in [0, 0.05) is 18.7 Å². The number of hydrogen-bond acceptors (Lipinski definition) is 4. The number of benzene rings is 1. The lowest BCUT2D eigenvalue weighted by Crippen LogP contribution is -2.48. The van der Waals surface area contributed by atoms with Gasteiger partial charge >= 0.3 is 0 Å². The Labute approximate surface area is 109 Å². The van der Waals surface area contributed by atoms with Gasteiger partial charge in [0.15, 0.2) is 0 Å². The molecule has 1 aromatic carbocycles. The minimum absolute atomic E-state index is 0.0428. The number of nitrogens with zero attached hydrogens (tertiary/aromatic N) is 1. The van der Waals surface area contributed by atoms with E-state index in [0.717, 1.165) is 12.1 Å². The average molecular weight is 271 g/mol. The number of aldehydes is 1. The van der Waals surface area contributed by atoms with E-state index in [1.165, 1.54) is 4.90 Å². The molecule has 6 heteroatoms. The smallest absolute Gasteiger partial charge is 0.150 e. The molecule has 0 bridgehead atoms. The van der Waals surface area contributed by atoms with Gasteiger partial charge in [0.05, 0.1) is 18.8 Å². The first-order valence-corrected chi connectivity index (χ1v) is 6.00. The van der Waals surface area contributed by atoms with Crippen LogP contribution in [0.1, 0.15) is 17.3 Å². The summed E-state index contributed by atoms with van der Waals surface area (Å²) in [6.07, 6.45) is -0.322. The normalized spacial score (nSPS) is 23.5. The van der Waals surface area contributed by atoms with Crippen LogP contribution in [0.2, 0.25) is 0 Å². The van der Waals surface area contributed by atoms with Crippen LogP contribution in [0.4, 0.5) is 14.5 Å². The van der Waals surface area contributed by atoms with E-state index in [9.17, 15) is 13.6 Å². The number of ether oxygens (including phenoxy) is 1. The van der Waals surface area contributed by atoms with Gasteiger partial charge in [-0.3, -0.25) is 4.79 Å². The second-order valence-corrected chi connectivity index (χ2v) is 4.61. The van der Waals surface area contributed by atoms with Gasteiger partial charge in [-0.15, -0.1) is 0 Å². The number of anilines is 1. The third kappa shape index (κ3) is 2.90. The number of halogens is 2. The highest BCUT2D eigenvalue weighted by molar-refractivity contribution is 5.76. The molecule has 0 aliphatic carbocycles. The van der Waals surface area contributed by atoms with Gasteiger partial charge in [0.1, 0.15) is 23.6 Å². The number of carbonyl (C=O) groups excluding carboxylic acids is 1. The van der Waals surface area contributed by atoms with E-state index >= 15 is 0 Å². The number of rotatable bonds is 3. The molecule has 1 aromatic rings. The molecular formula is C13H15F2NO3. The highest BCUT2D eigenvalue weighted by Crippen LogP contribution is 2.27. The molecule has 1 N–H and O–H groups in total. The molecule has 0 radical (unpaired) electrons. The van der Waals surface area contributed by atoms with Crippen molar-refractivity contribution in [3.05, 3.63) is 29.3 Å². The van der Waals surface area contributed by atoms with Crippen LogP contribution in [-0.2, 0) is 4.74 Å². The van der Waals surface area contributed by atoms with Gasteiger partial charge < -0.3 is 14.7 Å². The standard InChI is InChI=1S/C13H15F2NO3/c1-8-4-16(5-10(7-18)19-8)13-11(14)2-9(6-17)3-12(13)15/h2-3,6,8,10,18H,4-5,7H2,1H3. The van der Waals surface area contributed by atoms with Crippen molar-refractivity contribution < 1.29 is 23.4 Å². The highest BCUT2D eigenvalue weighted by Gasteiger charge is 2.28.